The maximum absolute atomic E-state index is 8.41. The number of hydrogen-bond donors (Lipinski definition) is 0. The summed E-state index contributed by atoms with van der Waals surface area (Å²) in [5.41, 5.74) is 0. The third-order valence-electron chi connectivity index (χ3n) is 3.65. The van der Waals surface area contributed by atoms with Gasteiger partial charge in [-0.25, -0.2) is 0 Å². The largest absolute Gasteiger partial charge is 0.379 e. The van der Waals surface area contributed by atoms with Crippen LogP contribution in [0.15, 0.2) is 0 Å². The number of unbranched alkanes of at least 4 members (excludes halogenated alkanes) is 8. The Morgan fingerprint density at radius 2 is 1.68 bits per heavy atom. The molecule has 0 spiro atoms. The Hall–Kier alpha value is -0.590. The Kier molecular flexibility index (Phi) is 10.8. The van der Waals surface area contributed by atoms with Crippen molar-refractivity contribution >= 4 is 0 Å². The number of nitriles is 1. The topological polar surface area (TPSA) is 42.2 Å². The quantitative estimate of drug-likeness (QED) is 0.497. The monoisotopic (exact) mass is 267 g/mol. The predicted octanol–water partition coefficient (Wildman–Crippen LogP) is 4.22. The van der Waals surface area contributed by atoms with Gasteiger partial charge in [-0.2, -0.15) is 5.26 Å². The van der Waals surface area contributed by atoms with Crippen molar-refractivity contribution in [1.29, 1.82) is 5.26 Å². The van der Waals surface area contributed by atoms with Gasteiger partial charge in [-0.3, -0.25) is 0 Å². The van der Waals surface area contributed by atoms with Crippen LogP contribution in [0.25, 0.3) is 0 Å². The summed E-state index contributed by atoms with van der Waals surface area (Å²) in [6.07, 6.45) is 13.5. The van der Waals surface area contributed by atoms with Crippen molar-refractivity contribution in [2.75, 3.05) is 19.8 Å². The lowest BCUT2D eigenvalue weighted by Gasteiger charge is -2.09. The van der Waals surface area contributed by atoms with Crippen LogP contribution < -0.4 is 0 Å². The second kappa shape index (κ2) is 12.4. The van der Waals surface area contributed by atoms with Gasteiger partial charge in [0.1, 0.15) is 0 Å². The van der Waals surface area contributed by atoms with Crippen LogP contribution in [-0.2, 0) is 9.47 Å². The standard InChI is InChI=1S/C16H29NO2/c17-12-8-6-4-2-1-3-5-7-9-13-18-15-16-11-10-14-19-16/h16H,1-11,13-15H2. The van der Waals surface area contributed by atoms with Gasteiger partial charge in [0.05, 0.1) is 18.8 Å². The molecule has 0 N–H and O–H groups in total. The molecule has 0 bridgehead atoms. The highest BCUT2D eigenvalue weighted by atomic mass is 16.5. The molecule has 1 atom stereocenters. The fourth-order valence-corrected chi connectivity index (χ4v) is 2.46. The maximum atomic E-state index is 8.41. The Labute approximate surface area is 118 Å². The molecule has 3 nitrogen and oxygen atoms in total. The molecule has 1 fully saturated rings. The molecule has 0 radical (unpaired) electrons. The third kappa shape index (κ3) is 9.92. The van der Waals surface area contributed by atoms with E-state index in [4.69, 9.17) is 14.7 Å². The van der Waals surface area contributed by atoms with Crippen molar-refractivity contribution in [3.8, 4) is 6.07 Å². The van der Waals surface area contributed by atoms with Crippen LogP contribution >= 0.6 is 0 Å². The van der Waals surface area contributed by atoms with Crippen LogP contribution in [0.4, 0.5) is 0 Å². The normalized spacial score (nSPS) is 18.6. The molecule has 1 aliphatic rings. The first kappa shape index (κ1) is 16.5. The van der Waals surface area contributed by atoms with Crippen LogP contribution in [0.5, 0.6) is 0 Å². The summed E-state index contributed by atoms with van der Waals surface area (Å²) >= 11 is 0. The maximum Gasteiger partial charge on any atom is 0.0809 e. The van der Waals surface area contributed by atoms with E-state index in [2.05, 4.69) is 6.07 Å². The molecule has 0 aromatic rings. The zero-order chi connectivity index (χ0) is 13.6. The van der Waals surface area contributed by atoms with Gasteiger partial charge >= 0.3 is 0 Å². The van der Waals surface area contributed by atoms with E-state index in [1.54, 1.807) is 0 Å². The van der Waals surface area contributed by atoms with Gasteiger partial charge in [0, 0.05) is 19.6 Å². The lowest BCUT2D eigenvalue weighted by atomic mass is 10.1. The highest BCUT2D eigenvalue weighted by Gasteiger charge is 2.14. The summed E-state index contributed by atoms with van der Waals surface area (Å²) < 4.78 is 11.1. The van der Waals surface area contributed by atoms with Gasteiger partial charge in [0.2, 0.25) is 0 Å². The smallest absolute Gasteiger partial charge is 0.0809 e. The number of rotatable bonds is 12. The first-order valence-electron chi connectivity index (χ1n) is 8.00. The first-order valence-corrected chi connectivity index (χ1v) is 8.00. The van der Waals surface area contributed by atoms with Gasteiger partial charge in [0.15, 0.2) is 0 Å². The minimum Gasteiger partial charge on any atom is -0.379 e. The molecular weight excluding hydrogens is 238 g/mol. The van der Waals surface area contributed by atoms with Crippen molar-refractivity contribution in [1.82, 2.24) is 0 Å². The molecule has 0 aliphatic carbocycles. The molecule has 1 heterocycles. The lowest BCUT2D eigenvalue weighted by molar-refractivity contribution is 0.0161. The molecule has 1 aliphatic heterocycles. The molecule has 0 aromatic carbocycles. The average molecular weight is 267 g/mol. The molecule has 1 rings (SSSR count). The molecule has 0 aromatic heterocycles. The molecule has 1 saturated heterocycles. The van der Waals surface area contributed by atoms with Crippen molar-refractivity contribution in [3.05, 3.63) is 0 Å². The van der Waals surface area contributed by atoms with Crippen molar-refractivity contribution < 1.29 is 9.47 Å². The molecule has 0 saturated carbocycles. The summed E-state index contributed by atoms with van der Waals surface area (Å²) in [6.45, 7) is 2.60. The van der Waals surface area contributed by atoms with Crippen LogP contribution in [0.3, 0.4) is 0 Å². The molecular formula is C16H29NO2. The van der Waals surface area contributed by atoms with E-state index in [1.165, 1.54) is 57.8 Å². The number of hydrogen-bond acceptors (Lipinski definition) is 3. The van der Waals surface area contributed by atoms with E-state index in [9.17, 15) is 0 Å². The highest BCUT2D eigenvalue weighted by Crippen LogP contribution is 2.13. The van der Waals surface area contributed by atoms with Gasteiger partial charge in [-0.05, 0) is 25.7 Å². The minimum atomic E-state index is 0.369. The SMILES string of the molecule is N#CCCCCCCCCCCOCC1CCCO1. The molecule has 0 amide bonds. The van der Waals surface area contributed by atoms with E-state index in [0.29, 0.717) is 6.10 Å². The summed E-state index contributed by atoms with van der Waals surface area (Å²) in [6, 6.07) is 2.20. The fourth-order valence-electron chi connectivity index (χ4n) is 2.46. The van der Waals surface area contributed by atoms with E-state index >= 15 is 0 Å². The van der Waals surface area contributed by atoms with E-state index in [0.717, 1.165) is 32.7 Å². The molecule has 19 heavy (non-hydrogen) atoms. The molecule has 3 heteroatoms. The second-order valence-electron chi connectivity index (χ2n) is 5.45. The van der Waals surface area contributed by atoms with Gasteiger partial charge in [-0.1, -0.05) is 38.5 Å². The zero-order valence-electron chi connectivity index (χ0n) is 12.2. The van der Waals surface area contributed by atoms with E-state index in [-0.39, 0.29) is 0 Å². The van der Waals surface area contributed by atoms with Gasteiger partial charge in [-0.15, -0.1) is 0 Å². The van der Waals surface area contributed by atoms with Crippen LogP contribution in [0, 0.1) is 11.3 Å². The first-order chi connectivity index (χ1) is 9.43. The predicted molar refractivity (Wildman–Crippen MR) is 77.0 cm³/mol. The van der Waals surface area contributed by atoms with Crippen LogP contribution in [-0.4, -0.2) is 25.9 Å². The zero-order valence-corrected chi connectivity index (χ0v) is 12.2. The second-order valence-corrected chi connectivity index (χ2v) is 5.45. The highest BCUT2D eigenvalue weighted by molar-refractivity contribution is 4.67. The average Bonchev–Trinajstić information content (AvgIpc) is 2.93. The Balaban J connectivity index is 1.68. The van der Waals surface area contributed by atoms with Crippen molar-refractivity contribution in [2.45, 2.75) is 76.7 Å². The third-order valence-corrected chi connectivity index (χ3v) is 3.65. The van der Waals surface area contributed by atoms with E-state index < -0.39 is 0 Å². The summed E-state index contributed by atoms with van der Waals surface area (Å²) in [4.78, 5) is 0. The van der Waals surface area contributed by atoms with Crippen LogP contribution in [0.1, 0.15) is 70.6 Å². The van der Waals surface area contributed by atoms with Crippen molar-refractivity contribution in [2.24, 2.45) is 0 Å². The van der Waals surface area contributed by atoms with Gasteiger partial charge < -0.3 is 9.47 Å². The number of nitrogens with zero attached hydrogens (tertiary/aromatic N) is 1. The fraction of sp³-hybridized carbons (Fsp3) is 0.938. The summed E-state index contributed by atoms with van der Waals surface area (Å²) in [5.74, 6) is 0. The summed E-state index contributed by atoms with van der Waals surface area (Å²) in [5, 5.41) is 8.41. The van der Waals surface area contributed by atoms with E-state index in [1.807, 2.05) is 0 Å². The lowest BCUT2D eigenvalue weighted by Crippen LogP contribution is -2.14. The molecule has 110 valence electrons. The molecule has 1 unspecified atom stereocenters. The Bertz CT molecular complexity index is 231. The minimum absolute atomic E-state index is 0.369. The van der Waals surface area contributed by atoms with Crippen LogP contribution in [0.2, 0.25) is 0 Å². The van der Waals surface area contributed by atoms with Crippen molar-refractivity contribution in [3.63, 3.8) is 0 Å². The summed E-state index contributed by atoms with van der Waals surface area (Å²) in [7, 11) is 0. The number of ether oxygens (including phenoxy) is 2. The Morgan fingerprint density at radius 3 is 2.32 bits per heavy atom. The van der Waals surface area contributed by atoms with Gasteiger partial charge in [0.25, 0.3) is 0 Å². The Morgan fingerprint density at radius 1 is 1.00 bits per heavy atom.